The summed E-state index contributed by atoms with van der Waals surface area (Å²) in [6, 6.07) is 25.6. The van der Waals surface area contributed by atoms with Gasteiger partial charge in [-0.3, -0.25) is 9.36 Å². The van der Waals surface area contributed by atoms with Crippen molar-refractivity contribution in [3.8, 4) is 5.75 Å². The van der Waals surface area contributed by atoms with Crippen molar-refractivity contribution in [2.45, 2.75) is 25.5 Å². The minimum Gasteiger partial charge on any atom is -0.487 e. The number of ether oxygens (including phenoxy) is 1. The van der Waals surface area contributed by atoms with Crippen molar-refractivity contribution in [2.75, 3.05) is 13.1 Å². The van der Waals surface area contributed by atoms with E-state index in [9.17, 15) is 9.59 Å². The summed E-state index contributed by atoms with van der Waals surface area (Å²) >= 11 is 0. The Morgan fingerprint density at radius 3 is 2.51 bits per heavy atom. The lowest BCUT2D eigenvalue weighted by Crippen LogP contribution is -2.40. The Balaban J connectivity index is 1.17. The summed E-state index contributed by atoms with van der Waals surface area (Å²) in [6.07, 6.45) is 1.47. The number of amides is 1. The third kappa shape index (κ3) is 3.99. The summed E-state index contributed by atoms with van der Waals surface area (Å²) in [6.45, 7) is 1.66. The lowest BCUT2D eigenvalue weighted by atomic mass is 10.0. The summed E-state index contributed by atoms with van der Waals surface area (Å²) in [7, 11) is 0. The molecule has 5 aromatic rings. The zero-order chi connectivity index (χ0) is 23.8. The van der Waals surface area contributed by atoms with Gasteiger partial charge in [-0.25, -0.2) is 4.79 Å². The first-order chi connectivity index (χ1) is 17.2. The zero-order valence-corrected chi connectivity index (χ0v) is 19.2. The third-order valence-corrected chi connectivity index (χ3v) is 6.83. The largest absolute Gasteiger partial charge is 0.487 e. The summed E-state index contributed by atoms with van der Waals surface area (Å²) in [5.41, 5.74) is 4.14. The highest BCUT2D eigenvalue weighted by Gasteiger charge is 2.27. The van der Waals surface area contributed by atoms with Crippen LogP contribution in [0.3, 0.4) is 0 Å². The molecular weight excluding hydrogens is 440 g/mol. The summed E-state index contributed by atoms with van der Waals surface area (Å²) in [5.74, 6) is 0.697. The van der Waals surface area contributed by atoms with Crippen LogP contribution in [0.2, 0.25) is 0 Å². The van der Waals surface area contributed by atoms with Crippen LogP contribution >= 0.6 is 0 Å². The maximum atomic E-state index is 13.3. The number of likely N-dealkylation sites (tertiary alicyclic amines) is 1. The molecule has 0 saturated carbocycles. The number of carbonyl (C=O) groups is 1. The highest BCUT2D eigenvalue weighted by molar-refractivity contribution is 5.99. The zero-order valence-electron chi connectivity index (χ0n) is 19.2. The van der Waals surface area contributed by atoms with Crippen molar-refractivity contribution in [3.05, 3.63) is 101 Å². The maximum Gasteiger partial charge on any atom is 0.326 e. The molecule has 2 aromatic heterocycles. The number of hydrogen-bond donors (Lipinski definition) is 2. The average Bonchev–Trinajstić information content (AvgIpc) is 3.48. The first-order valence-corrected chi connectivity index (χ1v) is 11.9. The second kappa shape index (κ2) is 8.83. The number of hydrogen-bond acceptors (Lipinski definition) is 3. The van der Waals surface area contributed by atoms with E-state index in [1.807, 2.05) is 88.3 Å². The number of imidazole rings is 1. The van der Waals surface area contributed by atoms with E-state index in [0.29, 0.717) is 25.4 Å². The van der Waals surface area contributed by atoms with Gasteiger partial charge in [0.05, 0.1) is 16.6 Å². The molecule has 3 heterocycles. The quantitative estimate of drug-likeness (QED) is 0.388. The molecular formula is C28H26N4O3. The molecule has 1 aliphatic rings. The van der Waals surface area contributed by atoms with Crippen LogP contribution in [0.4, 0.5) is 0 Å². The van der Waals surface area contributed by atoms with Crippen LogP contribution in [0.1, 0.15) is 34.9 Å². The highest BCUT2D eigenvalue weighted by Crippen LogP contribution is 2.29. The molecule has 0 atom stereocenters. The van der Waals surface area contributed by atoms with Crippen molar-refractivity contribution in [3.63, 3.8) is 0 Å². The minimum absolute atomic E-state index is 0.0278. The van der Waals surface area contributed by atoms with Crippen LogP contribution in [0, 0.1) is 0 Å². The molecule has 0 radical (unpaired) electrons. The van der Waals surface area contributed by atoms with E-state index in [4.69, 9.17) is 4.74 Å². The molecule has 3 aromatic carbocycles. The number of nitrogens with one attached hydrogen (secondary N) is 2. The first kappa shape index (κ1) is 21.3. The molecule has 0 bridgehead atoms. The molecule has 0 aliphatic carbocycles. The molecule has 2 N–H and O–H groups in total. The van der Waals surface area contributed by atoms with E-state index in [1.165, 1.54) is 0 Å². The average molecular weight is 467 g/mol. The van der Waals surface area contributed by atoms with Crippen LogP contribution < -0.4 is 10.4 Å². The normalized spacial score (nSPS) is 14.6. The molecule has 1 saturated heterocycles. The minimum atomic E-state index is -0.0883. The van der Waals surface area contributed by atoms with Gasteiger partial charge in [0.25, 0.3) is 5.91 Å². The number of para-hydroxylation sites is 3. The van der Waals surface area contributed by atoms with Gasteiger partial charge in [-0.1, -0.05) is 54.6 Å². The van der Waals surface area contributed by atoms with Gasteiger partial charge in [0, 0.05) is 24.5 Å². The van der Waals surface area contributed by atoms with Crippen LogP contribution in [0.15, 0.2) is 83.7 Å². The number of carbonyl (C=O) groups excluding carboxylic acids is 1. The van der Waals surface area contributed by atoms with Gasteiger partial charge in [-0.15, -0.1) is 0 Å². The van der Waals surface area contributed by atoms with E-state index in [0.717, 1.165) is 46.1 Å². The van der Waals surface area contributed by atoms with E-state index in [-0.39, 0.29) is 17.6 Å². The standard InChI is InChI=1S/C28H26N4O3/c33-27(31-15-13-21(14-16-31)32-24-11-5-4-10-22(24)30-28(32)34)23-17-20-9-6-12-25(26(20)29-23)35-18-19-7-2-1-3-8-19/h1-12,17,21,29H,13-16,18H2,(H,30,34). The van der Waals surface area contributed by atoms with Crippen LogP contribution in [-0.4, -0.2) is 38.4 Å². The SMILES string of the molecule is O=C(c1cc2cccc(OCc3ccccc3)c2[nH]1)N1CCC(n2c(=O)[nH]c3ccccc32)CC1. The van der Waals surface area contributed by atoms with Crippen molar-refractivity contribution in [1.82, 2.24) is 19.4 Å². The van der Waals surface area contributed by atoms with Gasteiger partial charge in [0.15, 0.2) is 0 Å². The Labute approximate surface area is 202 Å². The Hall–Kier alpha value is -4.26. The van der Waals surface area contributed by atoms with Gasteiger partial charge in [-0.2, -0.15) is 0 Å². The Kier molecular flexibility index (Phi) is 5.37. The van der Waals surface area contributed by atoms with Crippen molar-refractivity contribution >= 4 is 27.8 Å². The summed E-state index contributed by atoms with van der Waals surface area (Å²) < 4.78 is 7.90. The van der Waals surface area contributed by atoms with Gasteiger partial charge >= 0.3 is 5.69 Å². The highest BCUT2D eigenvalue weighted by atomic mass is 16.5. The van der Waals surface area contributed by atoms with Crippen molar-refractivity contribution in [1.29, 1.82) is 0 Å². The number of aromatic amines is 2. The molecule has 35 heavy (non-hydrogen) atoms. The fourth-order valence-electron chi connectivity index (χ4n) is 5.03. The number of fused-ring (bicyclic) bond motifs is 2. The molecule has 1 amide bonds. The molecule has 0 unspecified atom stereocenters. The van der Waals surface area contributed by atoms with E-state index < -0.39 is 0 Å². The van der Waals surface area contributed by atoms with E-state index in [2.05, 4.69) is 9.97 Å². The molecule has 1 aliphatic heterocycles. The van der Waals surface area contributed by atoms with Gasteiger partial charge < -0.3 is 19.6 Å². The second-order valence-electron chi connectivity index (χ2n) is 9.02. The Morgan fingerprint density at radius 1 is 0.914 bits per heavy atom. The first-order valence-electron chi connectivity index (χ1n) is 11.9. The summed E-state index contributed by atoms with van der Waals surface area (Å²) in [5, 5.41) is 0.944. The topological polar surface area (TPSA) is 83.1 Å². The molecule has 7 heteroatoms. The summed E-state index contributed by atoms with van der Waals surface area (Å²) in [4.78, 5) is 34.0. The monoisotopic (exact) mass is 466 g/mol. The van der Waals surface area contributed by atoms with Crippen molar-refractivity contribution in [2.24, 2.45) is 0 Å². The number of aromatic nitrogens is 3. The van der Waals surface area contributed by atoms with Crippen LogP contribution in [0.5, 0.6) is 5.75 Å². The predicted octanol–water partition coefficient (Wildman–Crippen LogP) is 4.87. The Morgan fingerprint density at radius 2 is 1.69 bits per heavy atom. The third-order valence-electron chi connectivity index (χ3n) is 6.83. The predicted molar refractivity (Wildman–Crippen MR) is 136 cm³/mol. The number of rotatable bonds is 5. The molecule has 176 valence electrons. The molecule has 7 nitrogen and oxygen atoms in total. The fraction of sp³-hybridized carbons (Fsp3) is 0.214. The smallest absolute Gasteiger partial charge is 0.326 e. The van der Waals surface area contributed by atoms with Crippen LogP contribution in [0.25, 0.3) is 21.9 Å². The number of piperidine rings is 1. The molecule has 6 rings (SSSR count). The fourth-order valence-corrected chi connectivity index (χ4v) is 5.03. The molecule has 0 spiro atoms. The van der Waals surface area contributed by atoms with Crippen molar-refractivity contribution < 1.29 is 9.53 Å². The number of H-pyrrole nitrogens is 2. The lowest BCUT2D eigenvalue weighted by molar-refractivity contribution is 0.0690. The van der Waals surface area contributed by atoms with Gasteiger partial charge in [0.2, 0.25) is 0 Å². The maximum absolute atomic E-state index is 13.3. The van der Waals surface area contributed by atoms with Crippen LogP contribution in [-0.2, 0) is 6.61 Å². The number of benzene rings is 3. The molecule has 1 fully saturated rings. The Bertz CT molecular complexity index is 1560. The van der Waals surface area contributed by atoms with Gasteiger partial charge in [0.1, 0.15) is 18.1 Å². The number of nitrogens with zero attached hydrogens (tertiary/aromatic N) is 2. The lowest BCUT2D eigenvalue weighted by Gasteiger charge is -2.32. The second-order valence-corrected chi connectivity index (χ2v) is 9.02. The van der Waals surface area contributed by atoms with Gasteiger partial charge in [-0.05, 0) is 42.7 Å². The van der Waals surface area contributed by atoms with E-state index >= 15 is 0 Å². The van der Waals surface area contributed by atoms with E-state index in [1.54, 1.807) is 0 Å².